The van der Waals surface area contributed by atoms with Crippen molar-refractivity contribution < 1.29 is 24.2 Å². The lowest BCUT2D eigenvalue weighted by atomic mass is 10.0. The maximum Gasteiger partial charge on any atom is 0.331 e. The maximum absolute atomic E-state index is 12.3. The molecule has 0 bridgehead atoms. The Labute approximate surface area is 127 Å². The molecular formula is C15H18N2O5. The molecule has 0 spiro atoms. The van der Waals surface area contributed by atoms with Crippen LogP contribution in [-0.2, 0) is 9.53 Å². The molecular weight excluding hydrogens is 288 g/mol. The summed E-state index contributed by atoms with van der Waals surface area (Å²) in [6, 6.07) is 6.99. The van der Waals surface area contributed by atoms with Crippen LogP contribution in [0.25, 0.3) is 10.9 Å². The molecule has 22 heavy (non-hydrogen) atoms. The Bertz CT molecular complexity index is 709. The number of nitrogens with one attached hydrogen (secondary N) is 2. The molecule has 0 saturated heterocycles. The number of rotatable bonds is 6. The highest BCUT2D eigenvalue weighted by atomic mass is 16.5. The average Bonchev–Trinajstić information content (AvgIpc) is 2.90. The monoisotopic (exact) mass is 306 g/mol. The van der Waals surface area contributed by atoms with Gasteiger partial charge in [-0.3, -0.25) is 4.79 Å². The number of aromatic nitrogens is 1. The van der Waals surface area contributed by atoms with Gasteiger partial charge in [-0.1, -0.05) is 0 Å². The summed E-state index contributed by atoms with van der Waals surface area (Å²) in [5.41, 5.74) is -0.470. The zero-order valence-corrected chi connectivity index (χ0v) is 12.6. The van der Waals surface area contributed by atoms with Gasteiger partial charge in [0.05, 0.1) is 13.7 Å². The van der Waals surface area contributed by atoms with E-state index in [4.69, 9.17) is 9.47 Å². The van der Waals surface area contributed by atoms with Crippen molar-refractivity contribution in [3.63, 3.8) is 0 Å². The van der Waals surface area contributed by atoms with E-state index in [-0.39, 0.29) is 12.3 Å². The molecule has 0 aliphatic carbocycles. The number of H-pyrrole nitrogens is 1. The molecule has 0 aliphatic rings. The molecule has 1 heterocycles. The van der Waals surface area contributed by atoms with Crippen LogP contribution in [0.15, 0.2) is 24.3 Å². The van der Waals surface area contributed by atoms with Gasteiger partial charge in [-0.05, 0) is 31.2 Å². The summed E-state index contributed by atoms with van der Waals surface area (Å²) in [4.78, 5) is 26.5. The zero-order chi connectivity index (χ0) is 16.3. The lowest BCUT2D eigenvalue weighted by Crippen LogP contribution is -2.55. The van der Waals surface area contributed by atoms with E-state index in [1.807, 2.05) is 0 Å². The highest BCUT2D eigenvalue weighted by Gasteiger charge is 2.35. The molecule has 1 unspecified atom stereocenters. The summed E-state index contributed by atoms with van der Waals surface area (Å²) in [5.74, 6) is -1.01. The second-order valence-corrected chi connectivity index (χ2v) is 5.16. The van der Waals surface area contributed by atoms with Crippen LogP contribution in [0.1, 0.15) is 17.4 Å². The van der Waals surface area contributed by atoms with Crippen molar-refractivity contribution >= 4 is 22.8 Å². The van der Waals surface area contributed by atoms with Gasteiger partial charge in [0.25, 0.3) is 5.91 Å². The minimum atomic E-state index is -1.50. The Balaban J connectivity index is 2.27. The lowest BCUT2D eigenvalue weighted by Gasteiger charge is -2.24. The van der Waals surface area contributed by atoms with Crippen molar-refractivity contribution in [3.8, 4) is 5.75 Å². The molecule has 0 radical (unpaired) electrons. The van der Waals surface area contributed by atoms with E-state index in [1.54, 1.807) is 31.4 Å². The molecule has 2 rings (SSSR count). The normalized spacial score (nSPS) is 13.6. The molecule has 7 nitrogen and oxygen atoms in total. The van der Waals surface area contributed by atoms with Crippen molar-refractivity contribution in [1.29, 1.82) is 0 Å². The van der Waals surface area contributed by atoms with E-state index in [2.05, 4.69) is 10.3 Å². The number of ether oxygens (including phenoxy) is 2. The number of carboxylic acids is 1. The highest BCUT2D eigenvalue weighted by Crippen LogP contribution is 2.21. The first-order chi connectivity index (χ1) is 10.4. The number of fused-ring (bicyclic) bond motifs is 1. The van der Waals surface area contributed by atoms with Crippen LogP contribution in [0.3, 0.4) is 0 Å². The molecule has 1 atom stereocenters. The average molecular weight is 306 g/mol. The van der Waals surface area contributed by atoms with Gasteiger partial charge < -0.3 is 24.9 Å². The fourth-order valence-electron chi connectivity index (χ4n) is 2.12. The van der Waals surface area contributed by atoms with Gasteiger partial charge in [-0.2, -0.15) is 0 Å². The number of methoxy groups -OCH3 is 2. The van der Waals surface area contributed by atoms with E-state index in [9.17, 15) is 14.7 Å². The second-order valence-electron chi connectivity index (χ2n) is 5.16. The minimum absolute atomic E-state index is 0.137. The molecule has 7 heteroatoms. The van der Waals surface area contributed by atoms with Gasteiger partial charge in [0.2, 0.25) is 0 Å². The fraction of sp³-hybridized carbons (Fsp3) is 0.333. The molecule has 0 aliphatic heterocycles. The van der Waals surface area contributed by atoms with Gasteiger partial charge in [0, 0.05) is 18.0 Å². The van der Waals surface area contributed by atoms with Crippen LogP contribution in [-0.4, -0.2) is 48.3 Å². The summed E-state index contributed by atoms with van der Waals surface area (Å²) >= 11 is 0. The standard InChI is InChI=1S/C15H18N2O5/c1-15(8-21-2,14(19)20)17-13(18)12-7-9-6-10(22-3)4-5-11(9)16-12/h4-7,16H,8H2,1-3H3,(H,17,18)(H,19,20). The second kappa shape index (κ2) is 6.07. The molecule has 0 fully saturated rings. The first-order valence-corrected chi connectivity index (χ1v) is 6.61. The van der Waals surface area contributed by atoms with E-state index >= 15 is 0 Å². The van der Waals surface area contributed by atoms with Crippen LogP contribution in [0, 0.1) is 0 Å². The smallest absolute Gasteiger partial charge is 0.331 e. The van der Waals surface area contributed by atoms with Crippen LogP contribution in [0.5, 0.6) is 5.75 Å². The molecule has 1 aromatic carbocycles. The number of carbonyl (C=O) groups is 2. The molecule has 1 amide bonds. The zero-order valence-electron chi connectivity index (χ0n) is 12.6. The Morgan fingerprint density at radius 2 is 2.05 bits per heavy atom. The SMILES string of the molecule is COCC(C)(NC(=O)c1cc2cc(OC)ccc2[nH]1)C(=O)O. The van der Waals surface area contributed by atoms with Crippen molar-refractivity contribution in [3.05, 3.63) is 30.0 Å². The van der Waals surface area contributed by atoms with Crippen LogP contribution in [0.2, 0.25) is 0 Å². The lowest BCUT2D eigenvalue weighted by molar-refractivity contribution is -0.145. The number of carboxylic acid groups (broad SMARTS) is 1. The van der Waals surface area contributed by atoms with Crippen molar-refractivity contribution in [2.75, 3.05) is 20.8 Å². The van der Waals surface area contributed by atoms with E-state index < -0.39 is 17.4 Å². The number of benzene rings is 1. The summed E-state index contributed by atoms with van der Waals surface area (Å²) in [5, 5.41) is 12.5. The van der Waals surface area contributed by atoms with Crippen molar-refractivity contribution in [1.82, 2.24) is 10.3 Å². The van der Waals surface area contributed by atoms with Crippen molar-refractivity contribution in [2.24, 2.45) is 0 Å². The Kier molecular flexibility index (Phi) is 4.37. The van der Waals surface area contributed by atoms with Gasteiger partial charge >= 0.3 is 5.97 Å². The number of hydrogen-bond acceptors (Lipinski definition) is 4. The molecule has 118 valence electrons. The van der Waals surface area contributed by atoms with E-state index in [0.29, 0.717) is 5.75 Å². The first-order valence-electron chi connectivity index (χ1n) is 6.61. The number of aromatic amines is 1. The number of amides is 1. The molecule has 0 saturated carbocycles. The summed E-state index contributed by atoms with van der Waals surface area (Å²) < 4.78 is 10.00. The third kappa shape index (κ3) is 3.04. The quantitative estimate of drug-likeness (QED) is 0.749. The van der Waals surface area contributed by atoms with Gasteiger partial charge in [-0.15, -0.1) is 0 Å². The maximum atomic E-state index is 12.3. The van der Waals surface area contributed by atoms with E-state index in [0.717, 1.165) is 10.9 Å². The molecule has 3 N–H and O–H groups in total. The van der Waals surface area contributed by atoms with Gasteiger partial charge in [-0.25, -0.2) is 4.79 Å². The van der Waals surface area contributed by atoms with Crippen LogP contribution in [0.4, 0.5) is 0 Å². The molecule has 2 aromatic rings. The van der Waals surface area contributed by atoms with Gasteiger partial charge in [0.15, 0.2) is 5.54 Å². The Morgan fingerprint density at radius 1 is 1.32 bits per heavy atom. The van der Waals surface area contributed by atoms with Crippen LogP contribution >= 0.6 is 0 Å². The largest absolute Gasteiger partial charge is 0.497 e. The predicted molar refractivity (Wildman–Crippen MR) is 80.2 cm³/mol. The number of hydrogen-bond donors (Lipinski definition) is 3. The highest BCUT2D eigenvalue weighted by molar-refractivity contribution is 6.00. The third-order valence-corrected chi connectivity index (χ3v) is 3.37. The number of carbonyl (C=O) groups excluding carboxylic acids is 1. The third-order valence-electron chi connectivity index (χ3n) is 3.37. The summed E-state index contributed by atoms with van der Waals surface area (Å²) in [7, 11) is 2.94. The first kappa shape index (κ1) is 15.8. The Morgan fingerprint density at radius 3 is 2.64 bits per heavy atom. The van der Waals surface area contributed by atoms with Gasteiger partial charge in [0.1, 0.15) is 11.4 Å². The minimum Gasteiger partial charge on any atom is -0.497 e. The summed E-state index contributed by atoms with van der Waals surface area (Å²) in [6.45, 7) is 1.25. The van der Waals surface area contributed by atoms with Crippen LogP contribution < -0.4 is 10.1 Å². The predicted octanol–water partition coefficient (Wildman–Crippen LogP) is 1.40. The number of aliphatic carboxylic acids is 1. The summed E-state index contributed by atoms with van der Waals surface area (Å²) in [6.07, 6.45) is 0. The van der Waals surface area contributed by atoms with Crippen molar-refractivity contribution in [2.45, 2.75) is 12.5 Å². The topological polar surface area (TPSA) is 101 Å². The Hall–Kier alpha value is -2.54. The molecule has 1 aromatic heterocycles. The fourth-order valence-corrected chi connectivity index (χ4v) is 2.12. The van der Waals surface area contributed by atoms with E-state index in [1.165, 1.54) is 14.0 Å².